The molecule has 0 aliphatic carbocycles. The van der Waals surface area contributed by atoms with Gasteiger partial charge in [0.1, 0.15) is 5.82 Å². The zero-order chi connectivity index (χ0) is 18.1. The fourth-order valence-corrected chi connectivity index (χ4v) is 2.60. The third kappa shape index (κ3) is 2.93. The summed E-state index contributed by atoms with van der Waals surface area (Å²) in [6.07, 6.45) is 0. The van der Waals surface area contributed by atoms with Crippen LogP contribution in [0.2, 0.25) is 0 Å². The van der Waals surface area contributed by atoms with E-state index >= 15 is 0 Å². The second-order valence-electron chi connectivity index (χ2n) is 5.61. The Morgan fingerprint density at radius 3 is 2.58 bits per heavy atom. The number of hydrogen-bond acceptors (Lipinski definition) is 4. The molecule has 128 valence electrons. The van der Waals surface area contributed by atoms with Gasteiger partial charge in [0.2, 0.25) is 5.76 Å². The highest BCUT2D eigenvalue weighted by Crippen LogP contribution is 2.23. The number of carbonyl (C=O) groups is 2. The number of aromatic nitrogens is 2. The van der Waals surface area contributed by atoms with Crippen LogP contribution >= 0.6 is 0 Å². The number of carboxylic acid groups (broad SMARTS) is 1. The molecule has 0 spiro atoms. The standard InChI is InChI=1S/C19H13N3O4/c23-18(15-8-9-16(26-15)19(24)25)20-12-5-3-4-11(10-12)17-21-13-6-1-2-7-14(13)22-17/h1-10H,(H,20,23)(H,21,22)(H,24,25). The highest BCUT2D eigenvalue weighted by atomic mass is 16.4. The monoisotopic (exact) mass is 347 g/mol. The Morgan fingerprint density at radius 1 is 1.00 bits per heavy atom. The molecule has 2 heterocycles. The maximum Gasteiger partial charge on any atom is 0.371 e. The lowest BCUT2D eigenvalue weighted by molar-refractivity contribution is 0.0660. The number of anilines is 1. The second kappa shape index (κ2) is 6.21. The second-order valence-corrected chi connectivity index (χ2v) is 5.61. The van der Waals surface area contributed by atoms with Crippen LogP contribution in [0.15, 0.2) is 65.1 Å². The van der Waals surface area contributed by atoms with E-state index in [-0.39, 0.29) is 11.5 Å². The summed E-state index contributed by atoms with van der Waals surface area (Å²) in [6, 6.07) is 17.4. The molecule has 2 aromatic carbocycles. The van der Waals surface area contributed by atoms with E-state index in [0.29, 0.717) is 11.5 Å². The maximum atomic E-state index is 12.2. The summed E-state index contributed by atoms with van der Waals surface area (Å²) in [5, 5.41) is 11.5. The number of carboxylic acids is 1. The van der Waals surface area contributed by atoms with Crippen molar-refractivity contribution < 1.29 is 19.1 Å². The average Bonchev–Trinajstić information content (AvgIpc) is 3.29. The van der Waals surface area contributed by atoms with Crippen molar-refractivity contribution in [1.82, 2.24) is 9.97 Å². The molecule has 7 nitrogen and oxygen atoms in total. The van der Waals surface area contributed by atoms with E-state index in [2.05, 4.69) is 15.3 Å². The number of para-hydroxylation sites is 2. The van der Waals surface area contributed by atoms with Gasteiger partial charge >= 0.3 is 5.97 Å². The van der Waals surface area contributed by atoms with Crippen molar-refractivity contribution in [1.29, 1.82) is 0 Å². The molecule has 7 heteroatoms. The van der Waals surface area contributed by atoms with Crippen molar-refractivity contribution in [3.05, 3.63) is 72.2 Å². The van der Waals surface area contributed by atoms with Crippen molar-refractivity contribution in [2.45, 2.75) is 0 Å². The quantitative estimate of drug-likeness (QED) is 0.521. The molecule has 0 fully saturated rings. The Morgan fingerprint density at radius 2 is 1.81 bits per heavy atom. The van der Waals surface area contributed by atoms with Gasteiger partial charge < -0.3 is 19.8 Å². The highest BCUT2D eigenvalue weighted by Gasteiger charge is 2.15. The normalized spacial score (nSPS) is 10.8. The molecule has 0 atom stereocenters. The lowest BCUT2D eigenvalue weighted by atomic mass is 10.2. The summed E-state index contributed by atoms with van der Waals surface area (Å²) < 4.78 is 5.00. The van der Waals surface area contributed by atoms with E-state index in [1.807, 2.05) is 30.3 Å². The smallest absolute Gasteiger partial charge is 0.371 e. The van der Waals surface area contributed by atoms with Gasteiger partial charge in [0.15, 0.2) is 5.76 Å². The first-order valence-corrected chi connectivity index (χ1v) is 7.80. The first-order chi connectivity index (χ1) is 12.6. The lowest BCUT2D eigenvalue weighted by Gasteiger charge is -2.05. The Bertz CT molecular complexity index is 1090. The SMILES string of the molecule is O=C(O)c1ccc(C(=O)Nc2cccc(-c3nc4ccccc4[nH]3)c2)o1. The number of fused-ring (bicyclic) bond motifs is 1. The number of nitrogens with one attached hydrogen (secondary N) is 2. The summed E-state index contributed by atoms with van der Waals surface area (Å²) in [5.41, 5.74) is 3.13. The molecule has 0 aliphatic rings. The summed E-state index contributed by atoms with van der Waals surface area (Å²) in [7, 11) is 0. The van der Waals surface area contributed by atoms with Crippen LogP contribution in [0.4, 0.5) is 5.69 Å². The topological polar surface area (TPSA) is 108 Å². The number of aromatic amines is 1. The number of amides is 1. The molecule has 0 radical (unpaired) electrons. The van der Waals surface area contributed by atoms with E-state index in [1.165, 1.54) is 12.1 Å². The zero-order valence-electron chi connectivity index (χ0n) is 13.4. The van der Waals surface area contributed by atoms with Crippen LogP contribution in [0, 0.1) is 0 Å². The van der Waals surface area contributed by atoms with Crippen LogP contribution in [-0.2, 0) is 0 Å². The molecule has 0 bridgehead atoms. The van der Waals surface area contributed by atoms with Crippen LogP contribution < -0.4 is 5.32 Å². The van der Waals surface area contributed by atoms with E-state index in [0.717, 1.165) is 16.6 Å². The minimum Gasteiger partial charge on any atom is -0.475 e. The number of benzene rings is 2. The predicted molar refractivity (Wildman–Crippen MR) is 95.2 cm³/mol. The minimum absolute atomic E-state index is 0.0726. The van der Waals surface area contributed by atoms with Gasteiger partial charge in [0.05, 0.1) is 11.0 Å². The van der Waals surface area contributed by atoms with Gasteiger partial charge in [-0.3, -0.25) is 4.79 Å². The fraction of sp³-hybridized carbons (Fsp3) is 0. The first-order valence-electron chi connectivity index (χ1n) is 7.80. The third-order valence-electron chi connectivity index (χ3n) is 3.82. The molecule has 1 amide bonds. The number of rotatable bonds is 4. The van der Waals surface area contributed by atoms with Crippen LogP contribution in [0.5, 0.6) is 0 Å². The number of hydrogen-bond donors (Lipinski definition) is 3. The molecule has 2 aromatic heterocycles. The van der Waals surface area contributed by atoms with Gasteiger partial charge in [0.25, 0.3) is 5.91 Å². The Balaban J connectivity index is 1.59. The van der Waals surface area contributed by atoms with Gasteiger partial charge in [-0.25, -0.2) is 9.78 Å². The number of H-pyrrole nitrogens is 1. The van der Waals surface area contributed by atoms with Crippen LogP contribution in [0.25, 0.3) is 22.4 Å². The molecule has 0 aliphatic heterocycles. The van der Waals surface area contributed by atoms with Crippen molar-refractivity contribution in [3.8, 4) is 11.4 Å². The van der Waals surface area contributed by atoms with Crippen LogP contribution in [-0.4, -0.2) is 27.0 Å². The maximum absolute atomic E-state index is 12.2. The molecule has 0 unspecified atom stereocenters. The largest absolute Gasteiger partial charge is 0.475 e. The Labute approximate surface area is 147 Å². The van der Waals surface area contributed by atoms with Gasteiger partial charge in [-0.2, -0.15) is 0 Å². The van der Waals surface area contributed by atoms with Gasteiger partial charge in [-0.1, -0.05) is 24.3 Å². The molecule has 3 N–H and O–H groups in total. The van der Waals surface area contributed by atoms with E-state index in [1.54, 1.807) is 18.2 Å². The zero-order valence-corrected chi connectivity index (χ0v) is 13.4. The highest BCUT2D eigenvalue weighted by molar-refractivity contribution is 6.03. The van der Waals surface area contributed by atoms with Crippen LogP contribution in [0.3, 0.4) is 0 Å². The molecular formula is C19H13N3O4. The number of furan rings is 1. The molecule has 0 saturated heterocycles. The van der Waals surface area contributed by atoms with Crippen molar-refractivity contribution in [2.75, 3.05) is 5.32 Å². The summed E-state index contributed by atoms with van der Waals surface area (Å²) in [6.45, 7) is 0. The lowest BCUT2D eigenvalue weighted by Crippen LogP contribution is -2.11. The third-order valence-corrected chi connectivity index (χ3v) is 3.82. The minimum atomic E-state index is -1.23. The Hall–Kier alpha value is -3.87. The van der Waals surface area contributed by atoms with Gasteiger partial charge in [-0.15, -0.1) is 0 Å². The first kappa shape index (κ1) is 15.6. The van der Waals surface area contributed by atoms with Crippen LogP contribution in [0.1, 0.15) is 21.1 Å². The summed E-state index contributed by atoms with van der Waals surface area (Å²) in [5.74, 6) is -1.42. The fourth-order valence-electron chi connectivity index (χ4n) is 2.60. The summed E-state index contributed by atoms with van der Waals surface area (Å²) >= 11 is 0. The number of carbonyl (C=O) groups excluding carboxylic acids is 1. The number of imidazole rings is 1. The van der Waals surface area contributed by atoms with E-state index < -0.39 is 11.9 Å². The van der Waals surface area contributed by atoms with Crippen molar-refractivity contribution in [2.24, 2.45) is 0 Å². The molecule has 4 rings (SSSR count). The summed E-state index contributed by atoms with van der Waals surface area (Å²) in [4.78, 5) is 30.8. The number of nitrogens with zero attached hydrogens (tertiary/aromatic N) is 1. The van der Waals surface area contributed by atoms with Gasteiger partial charge in [0, 0.05) is 11.3 Å². The van der Waals surface area contributed by atoms with E-state index in [9.17, 15) is 9.59 Å². The number of aromatic carboxylic acids is 1. The molecule has 0 saturated carbocycles. The average molecular weight is 347 g/mol. The van der Waals surface area contributed by atoms with Crippen molar-refractivity contribution >= 4 is 28.6 Å². The van der Waals surface area contributed by atoms with E-state index in [4.69, 9.17) is 9.52 Å². The van der Waals surface area contributed by atoms with Crippen molar-refractivity contribution in [3.63, 3.8) is 0 Å². The molecule has 4 aromatic rings. The molecule has 26 heavy (non-hydrogen) atoms. The predicted octanol–water partition coefficient (Wildman–Crippen LogP) is 3.77. The molecular weight excluding hydrogens is 334 g/mol. The van der Waals surface area contributed by atoms with Gasteiger partial charge in [-0.05, 0) is 36.4 Å². The Kier molecular flexibility index (Phi) is 3.74.